The Morgan fingerprint density at radius 2 is 1.91 bits per heavy atom. The summed E-state index contributed by atoms with van der Waals surface area (Å²) in [5.41, 5.74) is -1.45. The predicted molar refractivity (Wildman–Crippen MR) is 80.8 cm³/mol. The van der Waals surface area contributed by atoms with Gasteiger partial charge in [0.05, 0.1) is 17.1 Å². The van der Waals surface area contributed by atoms with Crippen molar-refractivity contribution < 1.29 is 23.1 Å². The Morgan fingerprint density at radius 1 is 1.30 bits per heavy atom. The van der Waals surface area contributed by atoms with Gasteiger partial charge in [0.1, 0.15) is 0 Å². The van der Waals surface area contributed by atoms with Crippen LogP contribution in [0.25, 0.3) is 0 Å². The van der Waals surface area contributed by atoms with Crippen LogP contribution >= 0.6 is 0 Å². The number of aliphatic hydroxyl groups is 1. The molecule has 1 heterocycles. The van der Waals surface area contributed by atoms with Crippen molar-refractivity contribution >= 4 is 5.91 Å². The molecule has 6 heteroatoms. The largest absolute Gasteiger partial charge is 0.416 e. The quantitative estimate of drug-likeness (QED) is 0.925. The summed E-state index contributed by atoms with van der Waals surface area (Å²) in [5.74, 6) is -0.184. The minimum Gasteiger partial charge on any atom is -0.393 e. The van der Waals surface area contributed by atoms with Crippen LogP contribution in [0.1, 0.15) is 38.3 Å². The number of benzene rings is 1. The summed E-state index contributed by atoms with van der Waals surface area (Å²) < 4.78 is 38.6. The van der Waals surface area contributed by atoms with Crippen LogP contribution in [0.2, 0.25) is 0 Å². The zero-order valence-electron chi connectivity index (χ0n) is 13.5. The molecule has 1 fully saturated rings. The standard InChI is InChI=1S/C17H22F3NO2/c1-11(22)12-7-8-21(10-12)15(23)16(2,3)13-5-4-6-14(9-13)17(18,19)20/h4-6,9,11-12,22H,7-8,10H2,1-3H3. The molecule has 0 aromatic heterocycles. The number of alkyl halides is 3. The number of likely N-dealkylation sites (tertiary alicyclic amines) is 1. The molecule has 2 unspecified atom stereocenters. The van der Waals surface area contributed by atoms with E-state index in [0.29, 0.717) is 25.1 Å². The number of halogens is 3. The molecule has 1 N–H and O–H groups in total. The van der Waals surface area contributed by atoms with E-state index in [0.717, 1.165) is 12.1 Å². The first-order valence-corrected chi connectivity index (χ1v) is 7.68. The fraction of sp³-hybridized carbons (Fsp3) is 0.588. The van der Waals surface area contributed by atoms with Gasteiger partial charge >= 0.3 is 6.18 Å². The molecular weight excluding hydrogens is 307 g/mol. The molecule has 1 amide bonds. The van der Waals surface area contributed by atoms with Crippen molar-refractivity contribution in [3.63, 3.8) is 0 Å². The Kier molecular flexibility index (Phi) is 4.76. The van der Waals surface area contributed by atoms with E-state index in [1.165, 1.54) is 6.07 Å². The van der Waals surface area contributed by atoms with Crippen molar-refractivity contribution in [2.45, 2.75) is 44.9 Å². The van der Waals surface area contributed by atoms with Gasteiger partial charge in [0.15, 0.2) is 0 Å². The summed E-state index contributed by atoms with van der Waals surface area (Å²) in [6.07, 6.45) is -4.22. The molecule has 3 nitrogen and oxygen atoms in total. The van der Waals surface area contributed by atoms with E-state index in [2.05, 4.69) is 0 Å². The van der Waals surface area contributed by atoms with Crippen molar-refractivity contribution in [3.05, 3.63) is 35.4 Å². The summed E-state index contributed by atoms with van der Waals surface area (Å²) in [7, 11) is 0. The molecule has 0 aliphatic carbocycles. The van der Waals surface area contributed by atoms with Gasteiger partial charge in [-0.2, -0.15) is 13.2 Å². The van der Waals surface area contributed by atoms with Gasteiger partial charge in [-0.1, -0.05) is 18.2 Å². The van der Waals surface area contributed by atoms with Crippen LogP contribution in [0, 0.1) is 5.92 Å². The lowest BCUT2D eigenvalue weighted by molar-refractivity contribution is -0.138. The highest BCUT2D eigenvalue weighted by Gasteiger charge is 2.39. The number of carbonyl (C=O) groups excluding carboxylic acids is 1. The third-order valence-electron chi connectivity index (χ3n) is 4.64. The Hall–Kier alpha value is -1.56. The van der Waals surface area contributed by atoms with Crippen molar-refractivity contribution in [2.75, 3.05) is 13.1 Å². The lowest BCUT2D eigenvalue weighted by Crippen LogP contribution is -2.42. The molecule has 1 aliphatic heterocycles. The first-order chi connectivity index (χ1) is 10.5. The van der Waals surface area contributed by atoms with Gasteiger partial charge in [-0.15, -0.1) is 0 Å². The summed E-state index contributed by atoms with van der Waals surface area (Å²) in [4.78, 5) is 14.4. The third kappa shape index (κ3) is 3.68. The summed E-state index contributed by atoms with van der Waals surface area (Å²) in [5, 5.41) is 9.63. The first-order valence-electron chi connectivity index (χ1n) is 7.68. The zero-order valence-corrected chi connectivity index (χ0v) is 13.5. The predicted octanol–water partition coefficient (Wildman–Crippen LogP) is 3.21. The van der Waals surface area contributed by atoms with Crippen LogP contribution in [0.15, 0.2) is 24.3 Å². The number of carbonyl (C=O) groups is 1. The maximum Gasteiger partial charge on any atom is 0.416 e. The minimum absolute atomic E-state index is 0.0243. The Labute approximate surface area is 134 Å². The highest BCUT2D eigenvalue weighted by atomic mass is 19.4. The van der Waals surface area contributed by atoms with Gasteiger partial charge in [0.25, 0.3) is 0 Å². The molecule has 0 spiro atoms. The van der Waals surface area contributed by atoms with Crippen molar-refractivity contribution in [1.29, 1.82) is 0 Å². The molecule has 2 atom stereocenters. The molecule has 0 bridgehead atoms. The summed E-state index contributed by atoms with van der Waals surface area (Å²) in [6.45, 7) is 5.94. The van der Waals surface area contributed by atoms with Crippen LogP contribution in [0.4, 0.5) is 13.2 Å². The number of nitrogens with zero attached hydrogens (tertiary/aromatic N) is 1. The molecule has 1 saturated heterocycles. The zero-order chi connectivity index (χ0) is 17.4. The maximum atomic E-state index is 12.9. The molecule has 128 valence electrons. The molecular formula is C17H22F3NO2. The highest BCUT2D eigenvalue weighted by Crippen LogP contribution is 2.34. The van der Waals surface area contributed by atoms with E-state index in [-0.39, 0.29) is 11.8 Å². The summed E-state index contributed by atoms with van der Waals surface area (Å²) >= 11 is 0. The highest BCUT2D eigenvalue weighted by molar-refractivity contribution is 5.87. The minimum atomic E-state index is -4.43. The second-order valence-corrected chi connectivity index (χ2v) is 6.74. The van der Waals surface area contributed by atoms with Gasteiger partial charge < -0.3 is 10.0 Å². The number of hydrogen-bond acceptors (Lipinski definition) is 2. The first kappa shape index (κ1) is 17.8. The van der Waals surface area contributed by atoms with E-state index >= 15 is 0 Å². The van der Waals surface area contributed by atoms with E-state index in [4.69, 9.17) is 0 Å². The molecule has 0 saturated carbocycles. The molecule has 1 aliphatic rings. The Morgan fingerprint density at radius 3 is 2.43 bits per heavy atom. The molecule has 2 rings (SSSR count). The van der Waals surface area contributed by atoms with E-state index in [9.17, 15) is 23.1 Å². The topological polar surface area (TPSA) is 40.5 Å². The van der Waals surface area contributed by atoms with Gasteiger partial charge in [-0.05, 0) is 38.8 Å². The second-order valence-electron chi connectivity index (χ2n) is 6.74. The SMILES string of the molecule is CC(O)C1CCN(C(=O)C(C)(C)c2cccc(C(F)(F)F)c2)C1. The number of rotatable bonds is 3. The van der Waals surface area contributed by atoms with Gasteiger partial charge in [0, 0.05) is 19.0 Å². The second kappa shape index (κ2) is 6.15. The molecule has 0 radical (unpaired) electrons. The molecule has 1 aromatic rings. The lowest BCUT2D eigenvalue weighted by Gasteiger charge is -2.30. The average Bonchev–Trinajstić information content (AvgIpc) is 2.95. The van der Waals surface area contributed by atoms with Gasteiger partial charge in [-0.25, -0.2) is 0 Å². The monoisotopic (exact) mass is 329 g/mol. The van der Waals surface area contributed by atoms with E-state index in [1.54, 1.807) is 31.7 Å². The number of amides is 1. The summed E-state index contributed by atoms with van der Waals surface area (Å²) in [6, 6.07) is 4.93. The smallest absolute Gasteiger partial charge is 0.393 e. The number of hydrogen-bond donors (Lipinski definition) is 1. The fourth-order valence-electron chi connectivity index (χ4n) is 2.97. The number of aliphatic hydroxyl groups excluding tert-OH is 1. The average molecular weight is 329 g/mol. The van der Waals surface area contributed by atoms with Gasteiger partial charge in [0.2, 0.25) is 5.91 Å². The maximum absolute atomic E-state index is 12.9. The van der Waals surface area contributed by atoms with Gasteiger partial charge in [-0.3, -0.25) is 4.79 Å². The van der Waals surface area contributed by atoms with Crippen LogP contribution in [-0.2, 0) is 16.4 Å². The fourth-order valence-corrected chi connectivity index (χ4v) is 2.97. The molecule has 23 heavy (non-hydrogen) atoms. The third-order valence-corrected chi connectivity index (χ3v) is 4.64. The van der Waals surface area contributed by atoms with Crippen LogP contribution in [-0.4, -0.2) is 35.1 Å². The van der Waals surface area contributed by atoms with Crippen LogP contribution in [0.5, 0.6) is 0 Å². The Balaban J connectivity index is 2.23. The van der Waals surface area contributed by atoms with Crippen LogP contribution in [0.3, 0.4) is 0 Å². The van der Waals surface area contributed by atoms with Crippen molar-refractivity contribution in [3.8, 4) is 0 Å². The van der Waals surface area contributed by atoms with Crippen LogP contribution < -0.4 is 0 Å². The van der Waals surface area contributed by atoms with E-state index in [1.807, 2.05) is 0 Å². The Bertz CT molecular complexity index is 581. The van der Waals surface area contributed by atoms with E-state index < -0.39 is 23.3 Å². The molecule has 1 aromatic carbocycles. The van der Waals surface area contributed by atoms with Crippen molar-refractivity contribution in [2.24, 2.45) is 5.92 Å². The lowest BCUT2D eigenvalue weighted by atomic mass is 9.82. The normalized spacial score (nSPS) is 20.7. The van der Waals surface area contributed by atoms with Crippen molar-refractivity contribution in [1.82, 2.24) is 4.90 Å².